The molecule has 1 unspecified atom stereocenters. The van der Waals surface area contributed by atoms with Gasteiger partial charge in [0.15, 0.2) is 5.16 Å². The summed E-state index contributed by atoms with van der Waals surface area (Å²) >= 11 is 1.26. The second-order valence-electron chi connectivity index (χ2n) is 4.55. The van der Waals surface area contributed by atoms with Gasteiger partial charge in [0.2, 0.25) is 0 Å². The van der Waals surface area contributed by atoms with Gasteiger partial charge in [-0.2, -0.15) is 0 Å². The molecule has 0 aromatic carbocycles. The number of aliphatic carboxylic acids is 1. The number of nitrogens with zero attached hydrogens (tertiary/aromatic N) is 3. The lowest BCUT2D eigenvalue weighted by atomic mass is 10.1. The van der Waals surface area contributed by atoms with Crippen molar-refractivity contribution >= 4 is 17.7 Å². The van der Waals surface area contributed by atoms with E-state index in [2.05, 4.69) is 35.5 Å². The van der Waals surface area contributed by atoms with Crippen LogP contribution in [0.3, 0.4) is 0 Å². The number of aryl methyl sites for hydroxylation is 1. The van der Waals surface area contributed by atoms with E-state index in [1.165, 1.54) is 11.8 Å². The zero-order valence-corrected chi connectivity index (χ0v) is 12.7. The molecule has 0 fully saturated rings. The first-order valence-corrected chi connectivity index (χ1v) is 7.90. The number of rotatable bonds is 9. The van der Waals surface area contributed by atoms with E-state index in [0.29, 0.717) is 6.04 Å². The van der Waals surface area contributed by atoms with Crippen LogP contribution in [0, 0.1) is 0 Å². The molecule has 19 heavy (non-hydrogen) atoms. The van der Waals surface area contributed by atoms with Crippen LogP contribution < -0.4 is 0 Å². The molecular formula is C13H23N3O2S. The molecule has 0 radical (unpaired) electrons. The molecular weight excluding hydrogens is 262 g/mol. The molecule has 0 amide bonds. The van der Waals surface area contributed by atoms with Crippen molar-refractivity contribution < 1.29 is 9.90 Å². The molecule has 1 aromatic heterocycles. The molecule has 1 heterocycles. The third kappa shape index (κ3) is 4.53. The molecule has 0 spiro atoms. The molecule has 1 N–H and O–H groups in total. The van der Waals surface area contributed by atoms with Crippen LogP contribution in [-0.2, 0) is 11.2 Å². The van der Waals surface area contributed by atoms with Crippen molar-refractivity contribution in [3.05, 3.63) is 5.82 Å². The van der Waals surface area contributed by atoms with Gasteiger partial charge in [0.1, 0.15) is 5.82 Å². The Morgan fingerprint density at radius 2 is 2.05 bits per heavy atom. The number of carboxylic acid groups (broad SMARTS) is 1. The van der Waals surface area contributed by atoms with Crippen LogP contribution in [0.4, 0.5) is 0 Å². The average molecular weight is 285 g/mol. The normalized spacial score (nSPS) is 12.6. The van der Waals surface area contributed by atoms with Crippen LogP contribution in [0.15, 0.2) is 5.16 Å². The van der Waals surface area contributed by atoms with Gasteiger partial charge in [-0.25, -0.2) is 0 Å². The Hall–Kier alpha value is -1.04. The molecule has 0 saturated carbocycles. The molecule has 1 rings (SSSR count). The summed E-state index contributed by atoms with van der Waals surface area (Å²) in [5.74, 6) is 0.197. The zero-order valence-electron chi connectivity index (χ0n) is 11.9. The number of hydrogen-bond donors (Lipinski definition) is 1. The fourth-order valence-electron chi connectivity index (χ4n) is 2.14. The standard InChI is InChI=1S/C13H23N3O2S/c1-4-7-10(6-3)16-11(8-5-2)14-15-13(16)19-9-12(17)18/h10H,4-9H2,1-3H3,(H,17,18). The van der Waals surface area contributed by atoms with Gasteiger partial charge in [-0.05, 0) is 19.3 Å². The summed E-state index contributed by atoms with van der Waals surface area (Å²) in [5, 5.41) is 17.9. The maximum Gasteiger partial charge on any atom is 0.313 e. The van der Waals surface area contributed by atoms with E-state index in [0.717, 1.165) is 43.1 Å². The smallest absolute Gasteiger partial charge is 0.313 e. The molecule has 6 heteroatoms. The van der Waals surface area contributed by atoms with Crippen molar-refractivity contribution in [2.45, 2.75) is 64.1 Å². The summed E-state index contributed by atoms with van der Waals surface area (Å²) in [6, 6.07) is 0.373. The van der Waals surface area contributed by atoms with Crippen LogP contribution >= 0.6 is 11.8 Å². The number of aromatic nitrogens is 3. The molecule has 0 aliphatic carbocycles. The second kappa shape index (κ2) is 8.19. The highest BCUT2D eigenvalue weighted by Gasteiger charge is 2.19. The first-order valence-electron chi connectivity index (χ1n) is 6.92. The highest BCUT2D eigenvalue weighted by molar-refractivity contribution is 7.99. The van der Waals surface area contributed by atoms with Gasteiger partial charge in [-0.1, -0.05) is 39.0 Å². The minimum atomic E-state index is -0.819. The average Bonchev–Trinajstić information content (AvgIpc) is 2.77. The Kier molecular flexibility index (Phi) is 6.91. The SMILES string of the molecule is CCCc1nnc(SCC(=O)O)n1C(CC)CCC. The molecule has 1 aromatic rings. The van der Waals surface area contributed by atoms with Crippen LogP contribution in [0.25, 0.3) is 0 Å². The van der Waals surface area contributed by atoms with Crippen molar-refractivity contribution in [3.63, 3.8) is 0 Å². The lowest BCUT2D eigenvalue weighted by Crippen LogP contribution is -2.13. The van der Waals surface area contributed by atoms with Crippen LogP contribution in [0.5, 0.6) is 0 Å². The molecule has 0 aliphatic rings. The van der Waals surface area contributed by atoms with Gasteiger partial charge in [0.05, 0.1) is 5.75 Å². The Morgan fingerprint density at radius 1 is 1.32 bits per heavy atom. The van der Waals surface area contributed by atoms with Gasteiger partial charge >= 0.3 is 5.97 Å². The summed E-state index contributed by atoms with van der Waals surface area (Å²) in [6.45, 7) is 6.43. The van der Waals surface area contributed by atoms with Crippen molar-refractivity contribution in [2.75, 3.05) is 5.75 Å². The third-order valence-electron chi connectivity index (χ3n) is 2.99. The van der Waals surface area contributed by atoms with E-state index in [9.17, 15) is 4.79 Å². The molecule has 108 valence electrons. The first kappa shape index (κ1) is 16.0. The van der Waals surface area contributed by atoms with E-state index < -0.39 is 5.97 Å². The van der Waals surface area contributed by atoms with Crippen LogP contribution in [0.1, 0.15) is 58.3 Å². The van der Waals surface area contributed by atoms with E-state index in [1.54, 1.807) is 0 Å². The Labute approximate surface area is 118 Å². The molecule has 5 nitrogen and oxygen atoms in total. The van der Waals surface area contributed by atoms with E-state index >= 15 is 0 Å². The molecule has 1 atom stereocenters. The van der Waals surface area contributed by atoms with Crippen molar-refractivity contribution in [3.8, 4) is 0 Å². The highest BCUT2D eigenvalue weighted by atomic mass is 32.2. The number of carbonyl (C=O) groups is 1. The Bertz CT molecular complexity index is 407. The maximum absolute atomic E-state index is 10.7. The van der Waals surface area contributed by atoms with Gasteiger partial charge in [-0.3, -0.25) is 4.79 Å². The lowest BCUT2D eigenvalue weighted by molar-refractivity contribution is -0.133. The van der Waals surface area contributed by atoms with Crippen molar-refractivity contribution in [1.82, 2.24) is 14.8 Å². The predicted octanol–water partition coefficient (Wildman–Crippen LogP) is 3.16. The van der Waals surface area contributed by atoms with E-state index in [4.69, 9.17) is 5.11 Å². The predicted molar refractivity (Wildman–Crippen MR) is 76.6 cm³/mol. The molecule has 0 bridgehead atoms. The number of carboxylic acids is 1. The number of hydrogen-bond acceptors (Lipinski definition) is 4. The molecule has 0 saturated heterocycles. The minimum Gasteiger partial charge on any atom is -0.481 e. The maximum atomic E-state index is 10.7. The number of thioether (sulfide) groups is 1. The summed E-state index contributed by atoms with van der Waals surface area (Å²) in [5.41, 5.74) is 0. The topological polar surface area (TPSA) is 68.0 Å². The highest BCUT2D eigenvalue weighted by Crippen LogP contribution is 2.27. The zero-order chi connectivity index (χ0) is 14.3. The van der Waals surface area contributed by atoms with Gasteiger partial charge in [-0.15, -0.1) is 10.2 Å². The summed E-state index contributed by atoms with van der Waals surface area (Å²) in [4.78, 5) is 10.7. The quantitative estimate of drug-likeness (QED) is 0.706. The van der Waals surface area contributed by atoms with Gasteiger partial charge in [0, 0.05) is 12.5 Å². The summed E-state index contributed by atoms with van der Waals surface area (Å²) < 4.78 is 2.15. The van der Waals surface area contributed by atoms with Crippen molar-refractivity contribution in [1.29, 1.82) is 0 Å². The minimum absolute atomic E-state index is 0.0345. The van der Waals surface area contributed by atoms with Crippen LogP contribution in [0.2, 0.25) is 0 Å². The molecule has 0 aliphatic heterocycles. The third-order valence-corrected chi connectivity index (χ3v) is 3.92. The second-order valence-corrected chi connectivity index (χ2v) is 5.49. The Morgan fingerprint density at radius 3 is 2.58 bits per heavy atom. The van der Waals surface area contributed by atoms with E-state index in [1.807, 2.05) is 0 Å². The van der Waals surface area contributed by atoms with Gasteiger partial charge in [0.25, 0.3) is 0 Å². The fraction of sp³-hybridized carbons (Fsp3) is 0.769. The monoisotopic (exact) mass is 285 g/mol. The first-order chi connectivity index (χ1) is 9.13. The van der Waals surface area contributed by atoms with E-state index in [-0.39, 0.29) is 5.75 Å². The lowest BCUT2D eigenvalue weighted by Gasteiger charge is -2.19. The fourth-order valence-corrected chi connectivity index (χ4v) is 2.89. The Balaban J connectivity index is 2.98. The summed E-state index contributed by atoms with van der Waals surface area (Å²) in [7, 11) is 0. The van der Waals surface area contributed by atoms with Crippen LogP contribution in [-0.4, -0.2) is 31.6 Å². The van der Waals surface area contributed by atoms with Gasteiger partial charge < -0.3 is 9.67 Å². The summed E-state index contributed by atoms with van der Waals surface area (Å²) in [6.07, 6.45) is 5.10. The largest absolute Gasteiger partial charge is 0.481 e. The van der Waals surface area contributed by atoms with Crippen molar-refractivity contribution in [2.24, 2.45) is 0 Å².